The summed E-state index contributed by atoms with van der Waals surface area (Å²) >= 11 is 0. The first-order chi connectivity index (χ1) is 12.7. The molecular weight excluding hydrogens is 378 g/mol. The first kappa shape index (κ1) is 20.6. The van der Waals surface area contributed by atoms with Gasteiger partial charge in [-0.1, -0.05) is 6.07 Å². The van der Waals surface area contributed by atoms with Crippen molar-refractivity contribution < 1.29 is 26.7 Å². The van der Waals surface area contributed by atoms with E-state index in [0.29, 0.717) is 11.4 Å². The van der Waals surface area contributed by atoms with Crippen molar-refractivity contribution in [1.29, 1.82) is 0 Å². The van der Waals surface area contributed by atoms with E-state index in [1.54, 1.807) is 24.3 Å². The zero-order chi connectivity index (χ0) is 20.0. The molecule has 0 aliphatic carbocycles. The summed E-state index contributed by atoms with van der Waals surface area (Å²) in [7, 11) is -2.07. The molecule has 0 aliphatic rings. The molecule has 0 saturated carbocycles. The second kappa shape index (κ2) is 8.81. The predicted octanol–water partition coefficient (Wildman–Crippen LogP) is 3.16. The Kier molecular flexibility index (Phi) is 6.73. The molecule has 9 heteroatoms. The molecule has 0 aliphatic heterocycles. The number of halogens is 2. The molecule has 0 spiro atoms. The number of hydrogen-bond donors (Lipinski definition) is 1. The number of benzene rings is 2. The van der Waals surface area contributed by atoms with E-state index < -0.39 is 33.3 Å². The highest BCUT2D eigenvalue weighted by Gasteiger charge is 2.18. The fourth-order valence-electron chi connectivity index (χ4n) is 2.44. The van der Waals surface area contributed by atoms with Gasteiger partial charge in [0.2, 0.25) is 15.9 Å². The Bertz CT molecular complexity index is 882. The number of methoxy groups -OCH3 is 1. The van der Waals surface area contributed by atoms with Crippen LogP contribution in [-0.2, 0) is 14.8 Å². The normalized spacial score (nSPS) is 11.1. The molecule has 0 saturated heterocycles. The first-order valence-electron chi connectivity index (χ1n) is 8.08. The number of anilines is 2. The minimum atomic E-state index is -3.57. The number of carbonyl (C=O) groups excluding carboxylic acids is 1. The molecule has 0 fully saturated rings. The molecule has 0 atom stereocenters. The topological polar surface area (TPSA) is 75.7 Å². The first-order valence-corrected chi connectivity index (χ1v) is 9.93. The zero-order valence-corrected chi connectivity index (χ0v) is 15.7. The molecule has 2 rings (SSSR count). The van der Waals surface area contributed by atoms with Gasteiger partial charge in [-0.05, 0) is 42.8 Å². The highest BCUT2D eigenvalue weighted by atomic mass is 32.2. The second-order valence-electron chi connectivity index (χ2n) is 5.78. The second-order valence-corrected chi connectivity index (χ2v) is 7.69. The number of para-hydroxylation sites is 1. The van der Waals surface area contributed by atoms with E-state index in [2.05, 4.69) is 5.32 Å². The summed E-state index contributed by atoms with van der Waals surface area (Å²) in [6.45, 7) is 0.0400. The lowest BCUT2D eigenvalue weighted by Gasteiger charge is -2.22. The number of nitrogens with zero attached hydrogens (tertiary/aromatic N) is 1. The number of rotatable bonds is 8. The van der Waals surface area contributed by atoms with Gasteiger partial charge in [0.1, 0.15) is 23.1 Å². The lowest BCUT2D eigenvalue weighted by molar-refractivity contribution is -0.116. The molecule has 0 radical (unpaired) electrons. The lowest BCUT2D eigenvalue weighted by Crippen LogP contribution is -2.31. The van der Waals surface area contributed by atoms with Crippen LogP contribution in [0.4, 0.5) is 20.2 Å². The monoisotopic (exact) mass is 398 g/mol. The predicted molar refractivity (Wildman–Crippen MR) is 99.4 cm³/mol. The standard InChI is InChI=1S/C18H20F2N2O4S/c1-26-14-10-8-13(9-11-14)22(27(2,24)25)12-4-7-17(23)21-18-15(19)5-3-6-16(18)20/h3,5-6,8-11H,4,7,12H2,1-2H3,(H,21,23). The number of hydrogen-bond acceptors (Lipinski definition) is 4. The Morgan fingerprint density at radius 3 is 2.22 bits per heavy atom. The van der Waals surface area contributed by atoms with Crippen LogP contribution in [0.1, 0.15) is 12.8 Å². The maximum atomic E-state index is 13.5. The highest BCUT2D eigenvalue weighted by molar-refractivity contribution is 7.92. The molecule has 0 unspecified atom stereocenters. The number of carbonyl (C=O) groups is 1. The molecule has 1 amide bonds. The quantitative estimate of drug-likeness (QED) is 0.741. The van der Waals surface area contributed by atoms with Crippen molar-refractivity contribution in [1.82, 2.24) is 0 Å². The summed E-state index contributed by atoms with van der Waals surface area (Å²) in [4.78, 5) is 11.9. The minimum absolute atomic E-state index is 0.0400. The van der Waals surface area contributed by atoms with Crippen molar-refractivity contribution in [2.45, 2.75) is 12.8 Å². The van der Waals surface area contributed by atoms with Crippen molar-refractivity contribution in [3.63, 3.8) is 0 Å². The van der Waals surface area contributed by atoms with Crippen LogP contribution in [0.5, 0.6) is 5.75 Å². The Labute approximate surface area is 156 Å². The van der Waals surface area contributed by atoms with Crippen LogP contribution in [0.2, 0.25) is 0 Å². The third-order valence-corrected chi connectivity index (χ3v) is 4.95. The SMILES string of the molecule is COc1ccc(N(CCCC(=O)Nc2c(F)cccc2F)S(C)(=O)=O)cc1. The molecule has 1 N–H and O–H groups in total. The fraction of sp³-hybridized carbons (Fsp3) is 0.278. The lowest BCUT2D eigenvalue weighted by atomic mass is 10.2. The number of amides is 1. The fourth-order valence-corrected chi connectivity index (χ4v) is 3.40. The Morgan fingerprint density at radius 2 is 1.70 bits per heavy atom. The van der Waals surface area contributed by atoms with Gasteiger partial charge in [-0.25, -0.2) is 17.2 Å². The highest BCUT2D eigenvalue weighted by Crippen LogP contribution is 2.22. The zero-order valence-electron chi connectivity index (χ0n) is 14.9. The molecular formula is C18H20F2N2O4S. The molecule has 6 nitrogen and oxygen atoms in total. The number of ether oxygens (including phenoxy) is 1. The molecule has 0 heterocycles. The largest absolute Gasteiger partial charge is 0.497 e. The van der Waals surface area contributed by atoms with Gasteiger partial charge in [0.05, 0.1) is 19.1 Å². The van der Waals surface area contributed by atoms with E-state index >= 15 is 0 Å². The summed E-state index contributed by atoms with van der Waals surface area (Å²) in [6, 6.07) is 9.70. The van der Waals surface area contributed by atoms with Crippen LogP contribution >= 0.6 is 0 Å². The van der Waals surface area contributed by atoms with Crippen LogP contribution in [0.25, 0.3) is 0 Å². The summed E-state index contributed by atoms with van der Waals surface area (Å²) in [5.74, 6) is -1.78. The van der Waals surface area contributed by atoms with Gasteiger partial charge in [0, 0.05) is 13.0 Å². The molecule has 146 valence electrons. The van der Waals surface area contributed by atoms with Crippen LogP contribution in [0, 0.1) is 11.6 Å². The van der Waals surface area contributed by atoms with Gasteiger partial charge < -0.3 is 10.1 Å². The van der Waals surface area contributed by atoms with E-state index in [9.17, 15) is 22.0 Å². The van der Waals surface area contributed by atoms with Gasteiger partial charge in [0.15, 0.2) is 0 Å². The third-order valence-electron chi connectivity index (χ3n) is 3.75. The molecule has 2 aromatic carbocycles. The van der Waals surface area contributed by atoms with Crippen LogP contribution in [-0.4, -0.2) is 34.2 Å². The molecule has 27 heavy (non-hydrogen) atoms. The number of sulfonamides is 1. The van der Waals surface area contributed by atoms with Gasteiger partial charge in [-0.2, -0.15) is 0 Å². The van der Waals surface area contributed by atoms with Crippen molar-refractivity contribution in [2.24, 2.45) is 0 Å². The van der Waals surface area contributed by atoms with Crippen LogP contribution < -0.4 is 14.4 Å². The summed E-state index contributed by atoms with van der Waals surface area (Å²) in [6.07, 6.45) is 1.13. The van der Waals surface area contributed by atoms with Crippen molar-refractivity contribution in [3.8, 4) is 5.75 Å². The maximum absolute atomic E-state index is 13.5. The van der Waals surface area contributed by atoms with Crippen molar-refractivity contribution in [3.05, 3.63) is 54.1 Å². The average Bonchev–Trinajstić information content (AvgIpc) is 2.61. The Morgan fingerprint density at radius 1 is 1.11 bits per heavy atom. The average molecular weight is 398 g/mol. The summed E-state index contributed by atoms with van der Waals surface area (Å²) in [5.41, 5.74) is -0.0866. The van der Waals surface area contributed by atoms with Gasteiger partial charge >= 0.3 is 0 Å². The maximum Gasteiger partial charge on any atom is 0.232 e. The molecule has 0 bridgehead atoms. The van der Waals surface area contributed by atoms with E-state index in [1.165, 1.54) is 13.2 Å². The van der Waals surface area contributed by atoms with Gasteiger partial charge in [-0.3, -0.25) is 9.10 Å². The number of nitrogens with one attached hydrogen (secondary N) is 1. The Hall–Kier alpha value is -2.68. The van der Waals surface area contributed by atoms with Gasteiger partial charge in [-0.15, -0.1) is 0 Å². The smallest absolute Gasteiger partial charge is 0.232 e. The van der Waals surface area contributed by atoms with Crippen molar-refractivity contribution in [2.75, 3.05) is 29.5 Å². The van der Waals surface area contributed by atoms with Crippen LogP contribution in [0.3, 0.4) is 0 Å². The van der Waals surface area contributed by atoms with E-state index in [0.717, 1.165) is 22.7 Å². The van der Waals surface area contributed by atoms with Crippen molar-refractivity contribution >= 4 is 27.3 Å². The van der Waals surface area contributed by atoms with Gasteiger partial charge in [0.25, 0.3) is 0 Å². The molecule has 0 aromatic heterocycles. The minimum Gasteiger partial charge on any atom is -0.497 e. The van der Waals surface area contributed by atoms with E-state index in [4.69, 9.17) is 4.74 Å². The van der Waals surface area contributed by atoms with Crippen LogP contribution in [0.15, 0.2) is 42.5 Å². The summed E-state index contributed by atoms with van der Waals surface area (Å²) in [5, 5.41) is 2.17. The summed E-state index contributed by atoms with van der Waals surface area (Å²) < 4.78 is 57.4. The van der Waals surface area contributed by atoms with E-state index in [1.807, 2.05) is 0 Å². The molecule has 2 aromatic rings. The van der Waals surface area contributed by atoms with E-state index in [-0.39, 0.29) is 19.4 Å². The Balaban J connectivity index is 2.00. The third kappa shape index (κ3) is 5.65.